The van der Waals surface area contributed by atoms with Gasteiger partial charge in [-0.3, -0.25) is 0 Å². The molecule has 0 amide bonds. The molecule has 0 nitrogen and oxygen atoms in total. The van der Waals surface area contributed by atoms with Crippen molar-refractivity contribution in [3.63, 3.8) is 0 Å². The average Bonchev–Trinajstić information content (AvgIpc) is 2.40. The average molecular weight is 352 g/mol. The van der Waals surface area contributed by atoms with Gasteiger partial charge in [0.25, 0.3) is 0 Å². The van der Waals surface area contributed by atoms with Crippen LogP contribution in [-0.2, 0) is 7.33 Å². The molecule has 0 saturated heterocycles. The molecule has 100 valence electrons. The van der Waals surface area contributed by atoms with E-state index in [2.05, 4.69) is 0 Å². The second-order valence-electron chi connectivity index (χ2n) is 3.87. The molecule has 0 aromatic heterocycles. The van der Waals surface area contributed by atoms with Gasteiger partial charge in [0.1, 0.15) is 0 Å². The van der Waals surface area contributed by atoms with Crippen LogP contribution in [0, 0.1) is 0 Å². The summed E-state index contributed by atoms with van der Waals surface area (Å²) in [6.07, 6.45) is 0. The number of halogens is 4. The van der Waals surface area contributed by atoms with E-state index in [0.29, 0.717) is 0 Å². The molecular formula is C14H10Cl4S. The summed E-state index contributed by atoms with van der Waals surface area (Å²) in [7, 11) is 0. The van der Waals surface area contributed by atoms with Crippen molar-refractivity contribution in [2.24, 2.45) is 0 Å². The van der Waals surface area contributed by atoms with E-state index in [4.69, 9.17) is 46.4 Å². The van der Waals surface area contributed by atoms with Crippen molar-refractivity contribution in [2.45, 2.75) is 7.33 Å². The third kappa shape index (κ3) is 3.96. The summed E-state index contributed by atoms with van der Waals surface area (Å²) in [6.45, 7) is 0. The Morgan fingerprint density at radius 1 is 0.579 bits per heavy atom. The van der Waals surface area contributed by atoms with Crippen LogP contribution in [0.3, 0.4) is 0 Å². The Kier molecular flexibility index (Phi) is 4.97. The summed E-state index contributed by atoms with van der Waals surface area (Å²) in [5.41, 5.74) is 1.48. The molecule has 0 radical (unpaired) electrons. The van der Waals surface area contributed by atoms with E-state index >= 15 is 0 Å². The lowest BCUT2D eigenvalue weighted by Gasteiger charge is -2.28. The monoisotopic (exact) mass is 350 g/mol. The molecule has 0 bridgehead atoms. The van der Waals surface area contributed by atoms with Crippen LogP contribution in [0.2, 0.25) is 0 Å². The minimum absolute atomic E-state index is 0.741. The fourth-order valence-electron chi connectivity index (χ4n) is 1.54. The van der Waals surface area contributed by atoms with Crippen molar-refractivity contribution < 1.29 is 0 Å². The lowest BCUT2D eigenvalue weighted by atomic mass is 10.2. The van der Waals surface area contributed by atoms with Crippen LogP contribution in [0.5, 0.6) is 0 Å². The minimum Gasteiger partial charge on any atom is -0.0839 e. The first kappa shape index (κ1) is 15.3. The molecule has 0 fully saturated rings. The topological polar surface area (TPSA) is 0 Å². The molecule has 5 heteroatoms. The first-order chi connectivity index (χ1) is 8.92. The predicted octanol–water partition coefficient (Wildman–Crippen LogP) is 6.30. The van der Waals surface area contributed by atoms with Crippen molar-refractivity contribution in [1.29, 1.82) is 0 Å². The second kappa shape index (κ2) is 6.15. The smallest absolute Gasteiger partial charge is 0.0839 e. The highest BCUT2D eigenvalue weighted by atomic mass is 35.5. The van der Waals surface area contributed by atoms with Crippen LogP contribution in [0.4, 0.5) is 0 Å². The SMILES string of the molecule is ClC(Cl)(SC(Cl)(Cl)c1ccccc1)c1ccccc1. The van der Waals surface area contributed by atoms with Crippen LogP contribution in [-0.4, -0.2) is 0 Å². The van der Waals surface area contributed by atoms with Gasteiger partial charge in [0, 0.05) is 0 Å². The van der Waals surface area contributed by atoms with Gasteiger partial charge in [-0.25, -0.2) is 0 Å². The Labute approximate surface area is 137 Å². The standard InChI is InChI=1S/C14H10Cl4S/c15-13(16,11-7-3-1-4-8-11)19-14(17,18)12-9-5-2-6-10-12/h1-10H. The Hall–Kier alpha value is -0.0500. The Morgan fingerprint density at radius 2 is 0.895 bits per heavy atom. The van der Waals surface area contributed by atoms with Gasteiger partial charge in [0.05, 0.1) is 0 Å². The second-order valence-corrected chi connectivity index (χ2v) is 8.85. The lowest BCUT2D eigenvalue weighted by Crippen LogP contribution is -2.15. The third-order valence-electron chi connectivity index (χ3n) is 2.48. The molecule has 0 aliphatic heterocycles. The molecule has 0 aliphatic carbocycles. The number of hydrogen-bond acceptors (Lipinski definition) is 1. The van der Waals surface area contributed by atoms with Gasteiger partial charge in [-0.15, -0.1) is 0 Å². The molecule has 0 aliphatic rings. The third-order valence-corrected chi connectivity index (χ3v) is 5.26. The molecule has 2 aromatic carbocycles. The van der Waals surface area contributed by atoms with Gasteiger partial charge >= 0.3 is 0 Å². The minimum atomic E-state index is -1.22. The first-order valence-electron chi connectivity index (χ1n) is 5.49. The van der Waals surface area contributed by atoms with Crippen molar-refractivity contribution in [3.05, 3.63) is 71.8 Å². The molecular weight excluding hydrogens is 342 g/mol. The summed E-state index contributed by atoms with van der Waals surface area (Å²) >= 11 is 26.5. The quantitative estimate of drug-likeness (QED) is 0.582. The zero-order valence-corrected chi connectivity index (χ0v) is 13.5. The Morgan fingerprint density at radius 3 is 1.21 bits per heavy atom. The highest BCUT2D eigenvalue weighted by Crippen LogP contribution is 2.58. The summed E-state index contributed by atoms with van der Waals surface area (Å²) in [5, 5.41) is 0. The first-order valence-corrected chi connectivity index (χ1v) is 7.81. The number of benzene rings is 2. The van der Waals surface area contributed by atoms with Crippen LogP contribution < -0.4 is 0 Å². The maximum atomic E-state index is 6.36. The number of alkyl halides is 4. The summed E-state index contributed by atoms with van der Waals surface area (Å²) in [4.78, 5) is 0. The van der Waals surface area contributed by atoms with Crippen molar-refractivity contribution >= 4 is 58.2 Å². The molecule has 2 rings (SSSR count). The largest absolute Gasteiger partial charge is 0.191 e. The fraction of sp³-hybridized carbons (Fsp3) is 0.143. The molecule has 2 aromatic rings. The van der Waals surface area contributed by atoms with Crippen LogP contribution >= 0.6 is 58.2 Å². The number of rotatable bonds is 4. The van der Waals surface area contributed by atoms with Gasteiger partial charge in [-0.05, 0) is 11.1 Å². The highest BCUT2D eigenvalue weighted by molar-refractivity contribution is 8.05. The summed E-state index contributed by atoms with van der Waals surface area (Å²) < 4.78 is -2.44. The van der Waals surface area contributed by atoms with E-state index in [1.54, 1.807) is 0 Å². The van der Waals surface area contributed by atoms with Gasteiger partial charge in [0.2, 0.25) is 0 Å². The van der Waals surface area contributed by atoms with E-state index in [1.165, 1.54) is 0 Å². The molecule has 0 saturated carbocycles. The zero-order chi connectivity index (χ0) is 13.9. The molecule has 0 spiro atoms. The van der Waals surface area contributed by atoms with E-state index < -0.39 is 7.33 Å². The Balaban J connectivity index is 2.25. The van der Waals surface area contributed by atoms with E-state index in [-0.39, 0.29) is 0 Å². The molecule has 0 N–H and O–H groups in total. The van der Waals surface area contributed by atoms with Crippen molar-refractivity contribution in [3.8, 4) is 0 Å². The molecule has 0 heterocycles. The van der Waals surface area contributed by atoms with E-state index in [9.17, 15) is 0 Å². The Bertz CT molecular complexity index is 476. The lowest BCUT2D eigenvalue weighted by molar-refractivity contribution is 1.19. The molecule has 0 atom stereocenters. The van der Waals surface area contributed by atoms with E-state index in [0.717, 1.165) is 22.9 Å². The number of thioether (sulfide) groups is 1. The normalized spacial score (nSPS) is 12.4. The molecule has 0 unspecified atom stereocenters. The van der Waals surface area contributed by atoms with Gasteiger partial charge < -0.3 is 0 Å². The maximum absolute atomic E-state index is 6.36. The van der Waals surface area contributed by atoms with Crippen molar-refractivity contribution in [1.82, 2.24) is 0 Å². The highest BCUT2D eigenvalue weighted by Gasteiger charge is 2.39. The van der Waals surface area contributed by atoms with E-state index in [1.807, 2.05) is 60.7 Å². The summed E-state index contributed by atoms with van der Waals surface area (Å²) in [6, 6.07) is 18.6. The van der Waals surface area contributed by atoms with Gasteiger partial charge in [0.15, 0.2) is 7.33 Å². The van der Waals surface area contributed by atoms with Crippen LogP contribution in [0.25, 0.3) is 0 Å². The van der Waals surface area contributed by atoms with Crippen LogP contribution in [0.15, 0.2) is 60.7 Å². The maximum Gasteiger partial charge on any atom is 0.191 e. The van der Waals surface area contributed by atoms with Gasteiger partial charge in [-0.1, -0.05) is 119 Å². The predicted molar refractivity (Wildman–Crippen MR) is 87.2 cm³/mol. The summed E-state index contributed by atoms with van der Waals surface area (Å²) in [5.74, 6) is 0. The zero-order valence-electron chi connectivity index (χ0n) is 9.69. The fourth-order valence-corrected chi connectivity index (χ4v) is 4.74. The van der Waals surface area contributed by atoms with Crippen LogP contribution in [0.1, 0.15) is 11.1 Å². The molecule has 19 heavy (non-hydrogen) atoms. The number of hydrogen-bond donors (Lipinski definition) is 0. The van der Waals surface area contributed by atoms with Crippen molar-refractivity contribution in [2.75, 3.05) is 0 Å². The van der Waals surface area contributed by atoms with Gasteiger partial charge in [-0.2, -0.15) is 0 Å².